The van der Waals surface area contributed by atoms with Crippen LogP contribution < -0.4 is 9.47 Å². The van der Waals surface area contributed by atoms with E-state index in [1.807, 2.05) is 30.5 Å². The molecule has 0 aliphatic carbocycles. The Morgan fingerprint density at radius 2 is 1.88 bits per heavy atom. The van der Waals surface area contributed by atoms with Crippen molar-refractivity contribution in [3.8, 4) is 11.5 Å². The van der Waals surface area contributed by atoms with Gasteiger partial charge in [-0.25, -0.2) is 4.79 Å². The van der Waals surface area contributed by atoms with Crippen molar-refractivity contribution in [2.24, 2.45) is 0 Å². The molecule has 1 N–H and O–H groups in total. The first-order valence-corrected chi connectivity index (χ1v) is 9.55. The van der Waals surface area contributed by atoms with E-state index >= 15 is 0 Å². The van der Waals surface area contributed by atoms with Gasteiger partial charge in [0.1, 0.15) is 11.5 Å². The highest BCUT2D eigenvalue weighted by molar-refractivity contribution is 9.10. The highest BCUT2D eigenvalue weighted by Gasteiger charge is 2.16. The molecule has 7 heteroatoms. The zero-order valence-corrected chi connectivity index (χ0v) is 16.6. The number of aliphatic carboxylic acids is 1. The highest BCUT2D eigenvalue weighted by atomic mass is 79.9. The lowest BCUT2D eigenvalue weighted by Crippen LogP contribution is -2.12. The van der Waals surface area contributed by atoms with E-state index in [0.29, 0.717) is 5.75 Å². The number of methoxy groups -OCH3 is 1. The van der Waals surface area contributed by atoms with E-state index in [0.717, 1.165) is 14.9 Å². The van der Waals surface area contributed by atoms with Crippen LogP contribution in [0.4, 0.5) is 0 Å². The average molecular weight is 437 g/mol. The molecule has 2 aromatic carbocycles. The average Bonchev–Trinajstić information content (AvgIpc) is 2.64. The number of hydrogen-bond donors (Lipinski definition) is 1. The molecule has 0 aromatic heterocycles. The first-order valence-electron chi connectivity index (χ1n) is 7.53. The second-order valence-electron chi connectivity index (χ2n) is 5.13. The van der Waals surface area contributed by atoms with Gasteiger partial charge in [-0.15, -0.1) is 11.8 Å². The molecule has 5 nitrogen and oxygen atoms in total. The minimum atomic E-state index is -1.12. The second-order valence-corrected chi connectivity index (χ2v) is 6.90. The van der Waals surface area contributed by atoms with Crippen molar-refractivity contribution < 1.29 is 24.2 Å². The number of thioether (sulfide) groups is 1. The maximum absolute atomic E-state index is 12.6. The van der Waals surface area contributed by atoms with Crippen LogP contribution in [0.1, 0.15) is 15.9 Å². The molecule has 0 saturated carbocycles. The Balaban J connectivity index is 2.35. The summed E-state index contributed by atoms with van der Waals surface area (Å²) in [5, 5.41) is 8.84. The number of carboxylic acids is 1. The van der Waals surface area contributed by atoms with Gasteiger partial charge >= 0.3 is 5.97 Å². The molecule has 136 valence electrons. The van der Waals surface area contributed by atoms with Crippen molar-refractivity contribution in [1.29, 1.82) is 0 Å². The number of ketones is 1. The SMILES string of the molecule is COc1cc(OCC(=O)O)c(C(=O)/C=C/c2ccc(Br)cc2)cc1SC. The number of halogens is 1. The van der Waals surface area contributed by atoms with E-state index in [1.54, 1.807) is 12.1 Å². The minimum Gasteiger partial charge on any atom is -0.495 e. The molecule has 0 fully saturated rings. The standard InChI is InChI=1S/C19H17BrO5S/c1-24-17-10-16(25-11-19(22)23)14(9-18(17)26-2)15(21)8-5-12-3-6-13(20)7-4-12/h3-10H,11H2,1-2H3,(H,22,23)/b8-5+. The highest BCUT2D eigenvalue weighted by Crippen LogP contribution is 2.35. The second kappa shape index (κ2) is 9.45. The molecule has 0 heterocycles. The van der Waals surface area contributed by atoms with Crippen LogP contribution in [0, 0.1) is 0 Å². The number of carbonyl (C=O) groups is 2. The van der Waals surface area contributed by atoms with E-state index in [-0.39, 0.29) is 17.1 Å². The van der Waals surface area contributed by atoms with Crippen LogP contribution in [0.5, 0.6) is 11.5 Å². The van der Waals surface area contributed by atoms with Gasteiger partial charge in [0.25, 0.3) is 0 Å². The molecule has 0 spiro atoms. The smallest absolute Gasteiger partial charge is 0.341 e. The topological polar surface area (TPSA) is 72.8 Å². The zero-order chi connectivity index (χ0) is 19.1. The van der Waals surface area contributed by atoms with Gasteiger partial charge in [-0.1, -0.05) is 34.1 Å². The summed E-state index contributed by atoms with van der Waals surface area (Å²) in [6, 6.07) is 10.7. The van der Waals surface area contributed by atoms with E-state index in [4.69, 9.17) is 14.6 Å². The molecule has 0 atom stereocenters. The van der Waals surface area contributed by atoms with Crippen LogP contribution in [-0.2, 0) is 4.79 Å². The molecule has 0 bridgehead atoms. The molecular formula is C19H17BrO5S. The Kier molecular flexibility index (Phi) is 7.29. The fourth-order valence-electron chi connectivity index (χ4n) is 2.15. The lowest BCUT2D eigenvalue weighted by Gasteiger charge is -2.13. The van der Waals surface area contributed by atoms with Crippen molar-refractivity contribution in [2.45, 2.75) is 4.90 Å². The fraction of sp³-hybridized carbons (Fsp3) is 0.158. The van der Waals surface area contributed by atoms with Crippen molar-refractivity contribution >= 4 is 45.5 Å². The van der Waals surface area contributed by atoms with Gasteiger partial charge < -0.3 is 14.6 Å². The summed E-state index contributed by atoms with van der Waals surface area (Å²) in [7, 11) is 1.50. The molecule has 0 aliphatic rings. The largest absolute Gasteiger partial charge is 0.495 e. The van der Waals surface area contributed by atoms with Crippen LogP contribution >= 0.6 is 27.7 Å². The maximum atomic E-state index is 12.6. The summed E-state index contributed by atoms with van der Waals surface area (Å²) >= 11 is 4.78. The number of ether oxygens (including phenoxy) is 2. The Bertz CT molecular complexity index is 831. The van der Waals surface area contributed by atoms with Crippen LogP contribution in [0.25, 0.3) is 6.08 Å². The van der Waals surface area contributed by atoms with Gasteiger partial charge in [-0.05, 0) is 36.1 Å². The summed E-state index contributed by atoms with van der Waals surface area (Å²) in [5.74, 6) is -0.716. The number of carbonyl (C=O) groups excluding carboxylic acids is 1. The summed E-state index contributed by atoms with van der Waals surface area (Å²) in [4.78, 5) is 24.2. The Morgan fingerprint density at radius 1 is 1.19 bits per heavy atom. The minimum absolute atomic E-state index is 0.174. The number of rotatable bonds is 8. The summed E-state index contributed by atoms with van der Waals surface area (Å²) in [6.07, 6.45) is 4.99. The third-order valence-electron chi connectivity index (χ3n) is 3.40. The molecule has 0 amide bonds. The Morgan fingerprint density at radius 3 is 2.46 bits per heavy atom. The first kappa shape index (κ1) is 20.1. The third kappa shape index (κ3) is 5.37. The van der Waals surface area contributed by atoms with Crippen molar-refractivity contribution in [3.05, 3.63) is 58.1 Å². The van der Waals surface area contributed by atoms with E-state index in [1.165, 1.54) is 31.0 Å². The number of carboxylic acid groups (broad SMARTS) is 1. The molecule has 0 saturated heterocycles. The van der Waals surface area contributed by atoms with Crippen LogP contribution in [0.15, 0.2) is 51.8 Å². The van der Waals surface area contributed by atoms with Gasteiger partial charge in [-0.2, -0.15) is 0 Å². The van der Waals surface area contributed by atoms with Gasteiger partial charge in [0.2, 0.25) is 0 Å². The lowest BCUT2D eigenvalue weighted by atomic mass is 10.1. The van der Waals surface area contributed by atoms with Crippen molar-refractivity contribution in [2.75, 3.05) is 20.0 Å². The first-order chi connectivity index (χ1) is 12.4. The summed E-state index contributed by atoms with van der Waals surface area (Å²) < 4.78 is 11.5. The third-order valence-corrected chi connectivity index (χ3v) is 4.69. The number of hydrogen-bond acceptors (Lipinski definition) is 5. The Labute approximate surface area is 164 Å². The van der Waals surface area contributed by atoms with Gasteiger partial charge in [-0.3, -0.25) is 4.79 Å². The van der Waals surface area contributed by atoms with Crippen molar-refractivity contribution in [3.63, 3.8) is 0 Å². The predicted molar refractivity (Wildman–Crippen MR) is 105 cm³/mol. The van der Waals surface area contributed by atoms with E-state index in [9.17, 15) is 9.59 Å². The van der Waals surface area contributed by atoms with Gasteiger partial charge in [0.15, 0.2) is 12.4 Å². The lowest BCUT2D eigenvalue weighted by molar-refractivity contribution is -0.139. The molecular weight excluding hydrogens is 420 g/mol. The van der Waals surface area contributed by atoms with Gasteiger partial charge in [0.05, 0.1) is 17.6 Å². The fourth-order valence-corrected chi connectivity index (χ4v) is 2.99. The van der Waals surface area contributed by atoms with E-state index in [2.05, 4.69) is 15.9 Å². The van der Waals surface area contributed by atoms with Crippen molar-refractivity contribution in [1.82, 2.24) is 0 Å². The molecule has 0 unspecified atom stereocenters. The predicted octanol–water partition coefficient (Wildman–Crippen LogP) is 4.54. The van der Waals surface area contributed by atoms with E-state index < -0.39 is 12.6 Å². The maximum Gasteiger partial charge on any atom is 0.341 e. The summed E-state index contributed by atoms with van der Waals surface area (Å²) in [5.41, 5.74) is 1.15. The summed E-state index contributed by atoms with van der Waals surface area (Å²) in [6.45, 7) is -0.543. The van der Waals surface area contributed by atoms with Crippen LogP contribution in [0.3, 0.4) is 0 Å². The molecule has 26 heavy (non-hydrogen) atoms. The number of benzene rings is 2. The zero-order valence-electron chi connectivity index (χ0n) is 14.2. The van der Waals surface area contributed by atoms with Crippen LogP contribution in [0.2, 0.25) is 0 Å². The monoisotopic (exact) mass is 436 g/mol. The Hall–Kier alpha value is -2.25. The van der Waals surface area contributed by atoms with Gasteiger partial charge in [0, 0.05) is 10.5 Å². The quantitative estimate of drug-likeness (QED) is 0.372. The van der Waals surface area contributed by atoms with Crippen LogP contribution in [-0.4, -0.2) is 36.8 Å². The molecule has 2 aromatic rings. The molecule has 0 aliphatic heterocycles. The molecule has 0 radical (unpaired) electrons. The molecule has 2 rings (SSSR count). The normalized spacial score (nSPS) is 10.7. The number of allylic oxidation sites excluding steroid dienone is 1.